The van der Waals surface area contributed by atoms with Crippen molar-refractivity contribution in [1.82, 2.24) is 14.5 Å². The second-order valence-electron chi connectivity index (χ2n) is 4.96. The molecule has 1 aromatic heterocycles. The Balaban J connectivity index is 1.76. The first kappa shape index (κ1) is 14.0. The highest BCUT2D eigenvalue weighted by molar-refractivity contribution is 7.71. The van der Waals surface area contributed by atoms with Crippen LogP contribution in [0.1, 0.15) is 0 Å². The Hall–Kier alpha value is -1.92. The Labute approximate surface area is 128 Å². The van der Waals surface area contributed by atoms with Crippen LogP contribution in [-0.4, -0.2) is 46.7 Å². The van der Waals surface area contributed by atoms with Crippen molar-refractivity contribution >= 4 is 18.1 Å². The van der Waals surface area contributed by atoms with Crippen molar-refractivity contribution in [3.05, 3.63) is 41.3 Å². The van der Waals surface area contributed by atoms with Crippen LogP contribution in [0.2, 0.25) is 0 Å². The molecule has 0 aliphatic carbocycles. The number of nitrogens with zero attached hydrogens (tertiary/aromatic N) is 2. The number of morpholine rings is 1. The number of nitrogens with one attached hydrogen (secondary N) is 1. The fourth-order valence-electron chi connectivity index (χ4n) is 2.37. The van der Waals surface area contributed by atoms with Gasteiger partial charge < -0.3 is 19.2 Å². The highest BCUT2D eigenvalue weighted by Crippen LogP contribution is 2.17. The Morgan fingerprint density at radius 3 is 2.67 bits per heavy atom. The Morgan fingerprint density at radius 2 is 1.95 bits per heavy atom. The van der Waals surface area contributed by atoms with E-state index in [1.165, 1.54) is 0 Å². The van der Waals surface area contributed by atoms with E-state index in [9.17, 15) is 4.79 Å². The van der Waals surface area contributed by atoms with Crippen molar-refractivity contribution in [3.63, 3.8) is 0 Å². The number of aromatic amines is 1. The molecule has 0 radical (unpaired) electrons. The molecule has 5 nitrogen and oxygen atoms in total. The summed E-state index contributed by atoms with van der Waals surface area (Å²) in [7, 11) is 0. The zero-order valence-corrected chi connectivity index (χ0v) is 12.4. The van der Waals surface area contributed by atoms with Crippen molar-refractivity contribution in [2.45, 2.75) is 6.54 Å². The van der Waals surface area contributed by atoms with Crippen LogP contribution >= 0.6 is 12.2 Å². The second kappa shape index (κ2) is 6.24. The third kappa shape index (κ3) is 3.22. The molecule has 0 spiro atoms. The number of hydrogen-bond donors (Lipinski definition) is 1. The number of H-pyrrole nitrogens is 1. The van der Waals surface area contributed by atoms with Gasteiger partial charge in [0.15, 0.2) is 4.77 Å². The number of carbonyl (C=O) groups excluding carboxylic acids is 1. The zero-order valence-electron chi connectivity index (χ0n) is 11.6. The minimum absolute atomic E-state index is 0.0769. The standard InChI is InChI=1S/C15H17N3O2S/c19-14(17-6-8-20-9-7-17)11-18-10-13(16-15(18)21)12-4-2-1-3-5-12/h1-5,10H,6-9,11H2,(H,16,21). The summed E-state index contributed by atoms with van der Waals surface area (Å²) in [6, 6.07) is 9.94. The summed E-state index contributed by atoms with van der Waals surface area (Å²) in [5.74, 6) is 0.0769. The molecule has 1 amide bonds. The molecule has 1 saturated heterocycles. The molecule has 0 atom stereocenters. The molecule has 1 N–H and O–H groups in total. The molecule has 21 heavy (non-hydrogen) atoms. The van der Waals surface area contributed by atoms with Crippen molar-refractivity contribution in [2.24, 2.45) is 0 Å². The lowest BCUT2D eigenvalue weighted by atomic mass is 10.2. The van der Waals surface area contributed by atoms with Crippen LogP contribution in [0.15, 0.2) is 36.5 Å². The largest absolute Gasteiger partial charge is 0.378 e. The van der Waals surface area contributed by atoms with Gasteiger partial charge in [-0.1, -0.05) is 30.3 Å². The molecule has 1 fully saturated rings. The predicted octanol–water partition coefficient (Wildman–Crippen LogP) is 2.07. The number of amides is 1. The maximum Gasteiger partial charge on any atom is 0.242 e. The zero-order chi connectivity index (χ0) is 14.7. The lowest BCUT2D eigenvalue weighted by molar-refractivity contribution is -0.135. The summed E-state index contributed by atoms with van der Waals surface area (Å²) >= 11 is 5.30. The Kier molecular flexibility index (Phi) is 4.17. The number of imidazole rings is 1. The van der Waals surface area contributed by atoms with Gasteiger partial charge in [-0.05, 0) is 17.8 Å². The average molecular weight is 303 g/mol. The predicted molar refractivity (Wildman–Crippen MR) is 82.5 cm³/mol. The molecule has 2 aromatic rings. The highest BCUT2D eigenvalue weighted by atomic mass is 32.1. The van der Waals surface area contributed by atoms with E-state index in [-0.39, 0.29) is 12.5 Å². The van der Waals surface area contributed by atoms with Gasteiger partial charge in [-0.3, -0.25) is 4.79 Å². The molecule has 0 saturated carbocycles. The second-order valence-corrected chi connectivity index (χ2v) is 5.35. The summed E-state index contributed by atoms with van der Waals surface area (Å²) in [4.78, 5) is 17.2. The van der Waals surface area contributed by atoms with Gasteiger partial charge >= 0.3 is 0 Å². The monoisotopic (exact) mass is 303 g/mol. The summed E-state index contributed by atoms with van der Waals surface area (Å²) in [5, 5.41) is 0. The molecule has 1 aliphatic rings. The van der Waals surface area contributed by atoms with Crippen molar-refractivity contribution < 1.29 is 9.53 Å². The molecule has 1 aliphatic heterocycles. The molecule has 110 valence electrons. The van der Waals surface area contributed by atoms with E-state index in [1.807, 2.05) is 41.4 Å². The van der Waals surface area contributed by atoms with Gasteiger partial charge in [-0.2, -0.15) is 0 Å². The molecule has 1 aromatic carbocycles. The number of rotatable bonds is 3. The summed E-state index contributed by atoms with van der Waals surface area (Å²) in [6.07, 6.45) is 1.90. The van der Waals surface area contributed by atoms with Crippen molar-refractivity contribution in [3.8, 4) is 11.3 Å². The molecule has 6 heteroatoms. The third-order valence-electron chi connectivity index (χ3n) is 3.54. The van der Waals surface area contributed by atoms with Gasteiger partial charge in [-0.25, -0.2) is 0 Å². The van der Waals surface area contributed by atoms with Crippen LogP contribution in [0.5, 0.6) is 0 Å². The quantitative estimate of drug-likeness (QED) is 0.883. The Morgan fingerprint density at radius 1 is 1.24 bits per heavy atom. The molecule has 2 heterocycles. The van der Waals surface area contributed by atoms with Gasteiger partial charge in [0.25, 0.3) is 0 Å². The maximum atomic E-state index is 12.3. The van der Waals surface area contributed by atoms with Crippen LogP contribution in [0, 0.1) is 4.77 Å². The van der Waals surface area contributed by atoms with Crippen molar-refractivity contribution in [1.29, 1.82) is 0 Å². The lowest BCUT2D eigenvalue weighted by Gasteiger charge is -2.26. The molecule has 0 bridgehead atoms. The van der Waals surface area contributed by atoms with Crippen LogP contribution in [-0.2, 0) is 16.1 Å². The van der Waals surface area contributed by atoms with Crippen LogP contribution in [0.25, 0.3) is 11.3 Å². The fourth-order valence-corrected chi connectivity index (χ4v) is 2.60. The molecule has 0 unspecified atom stereocenters. The number of aromatic nitrogens is 2. The van der Waals surface area contributed by atoms with E-state index < -0.39 is 0 Å². The first-order valence-electron chi connectivity index (χ1n) is 6.94. The number of benzene rings is 1. The normalized spacial score (nSPS) is 15.1. The van der Waals surface area contributed by atoms with Crippen LogP contribution < -0.4 is 0 Å². The van der Waals surface area contributed by atoms with E-state index in [1.54, 1.807) is 4.57 Å². The summed E-state index contributed by atoms with van der Waals surface area (Å²) < 4.78 is 7.61. The van der Waals surface area contributed by atoms with Gasteiger partial charge in [-0.15, -0.1) is 0 Å². The number of carbonyl (C=O) groups is 1. The van der Waals surface area contributed by atoms with E-state index in [4.69, 9.17) is 17.0 Å². The van der Waals surface area contributed by atoms with Crippen molar-refractivity contribution in [2.75, 3.05) is 26.3 Å². The first-order chi connectivity index (χ1) is 10.2. The SMILES string of the molecule is O=C(Cn1cc(-c2ccccc2)[nH]c1=S)N1CCOCC1. The lowest BCUT2D eigenvalue weighted by Crippen LogP contribution is -2.42. The van der Waals surface area contributed by atoms with Gasteiger partial charge in [0, 0.05) is 19.3 Å². The van der Waals surface area contributed by atoms with Gasteiger partial charge in [0.05, 0.1) is 18.9 Å². The van der Waals surface area contributed by atoms with Crippen LogP contribution in [0.3, 0.4) is 0 Å². The number of hydrogen-bond acceptors (Lipinski definition) is 3. The van der Waals surface area contributed by atoms with Gasteiger partial charge in [0.2, 0.25) is 5.91 Å². The van der Waals surface area contributed by atoms with E-state index in [0.717, 1.165) is 11.3 Å². The molecular formula is C15H17N3O2S. The topological polar surface area (TPSA) is 50.3 Å². The molecule has 3 rings (SSSR count). The maximum absolute atomic E-state index is 12.3. The highest BCUT2D eigenvalue weighted by Gasteiger charge is 2.17. The minimum atomic E-state index is 0.0769. The Bertz CT molecular complexity index is 672. The fraction of sp³-hybridized carbons (Fsp3) is 0.333. The van der Waals surface area contributed by atoms with E-state index >= 15 is 0 Å². The third-order valence-corrected chi connectivity index (χ3v) is 3.88. The van der Waals surface area contributed by atoms with Crippen LogP contribution in [0.4, 0.5) is 0 Å². The molecular weight excluding hydrogens is 286 g/mol. The summed E-state index contributed by atoms with van der Waals surface area (Å²) in [6.45, 7) is 2.80. The summed E-state index contributed by atoms with van der Waals surface area (Å²) in [5.41, 5.74) is 1.98. The average Bonchev–Trinajstić information content (AvgIpc) is 2.90. The number of ether oxygens (including phenoxy) is 1. The minimum Gasteiger partial charge on any atom is -0.378 e. The van der Waals surface area contributed by atoms with Gasteiger partial charge in [0.1, 0.15) is 6.54 Å². The van der Waals surface area contributed by atoms with E-state index in [2.05, 4.69) is 4.98 Å². The van der Waals surface area contributed by atoms with E-state index in [0.29, 0.717) is 31.1 Å². The first-order valence-corrected chi connectivity index (χ1v) is 7.35. The smallest absolute Gasteiger partial charge is 0.242 e.